The quantitative estimate of drug-likeness (QED) is 0.740. The monoisotopic (exact) mass is 274 g/mol. The number of ether oxygens (including phenoxy) is 2. The van der Waals surface area contributed by atoms with E-state index in [9.17, 15) is 0 Å². The molecule has 4 heteroatoms. The van der Waals surface area contributed by atoms with Gasteiger partial charge in [0.2, 0.25) is 0 Å². The third kappa shape index (κ3) is 4.00. The van der Waals surface area contributed by atoms with Gasteiger partial charge in [-0.05, 0) is 11.6 Å². The van der Waals surface area contributed by atoms with Crippen LogP contribution in [0.1, 0.15) is 5.56 Å². The average molecular weight is 274 g/mol. The number of nitrogens with zero attached hydrogens (tertiary/aromatic N) is 2. The molecular weight excluding hydrogens is 252 g/mol. The fourth-order valence-electron chi connectivity index (χ4n) is 2.25. The summed E-state index contributed by atoms with van der Waals surface area (Å²) in [6.07, 6.45) is 1.85. The first-order valence-electron chi connectivity index (χ1n) is 6.88. The number of fused-ring (bicyclic) bond motifs is 1. The lowest BCUT2D eigenvalue weighted by Crippen LogP contribution is -2.30. The van der Waals surface area contributed by atoms with Gasteiger partial charge in [0, 0.05) is 45.4 Å². The standard InChI is InChI=1S/C16H22N2O2/c1-19-11-9-18(10-12-20-2)13-15-6-3-5-14-7-4-8-17-16(14)15/h3-8H,9-13H2,1-2H3. The summed E-state index contributed by atoms with van der Waals surface area (Å²) in [5.74, 6) is 0. The summed E-state index contributed by atoms with van der Waals surface area (Å²) >= 11 is 0. The molecule has 0 aliphatic carbocycles. The average Bonchev–Trinajstić information content (AvgIpc) is 2.50. The number of benzene rings is 1. The number of pyridine rings is 1. The van der Waals surface area contributed by atoms with Crippen LogP contribution in [0.25, 0.3) is 10.9 Å². The lowest BCUT2D eigenvalue weighted by Gasteiger charge is -2.22. The van der Waals surface area contributed by atoms with Crippen molar-refractivity contribution in [2.75, 3.05) is 40.5 Å². The van der Waals surface area contributed by atoms with E-state index >= 15 is 0 Å². The summed E-state index contributed by atoms with van der Waals surface area (Å²) in [5.41, 5.74) is 2.32. The molecule has 0 unspecified atom stereocenters. The van der Waals surface area contributed by atoms with Crippen LogP contribution in [0.2, 0.25) is 0 Å². The fourth-order valence-corrected chi connectivity index (χ4v) is 2.25. The predicted octanol–water partition coefficient (Wildman–Crippen LogP) is 2.33. The van der Waals surface area contributed by atoms with Crippen molar-refractivity contribution >= 4 is 10.9 Å². The van der Waals surface area contributed by atoms with Crippen LogP contribution < -0.4 is 0 Å². The van der Waals surface area contributed by atoms with Gasteiger partial charge in [-0.25, -0.2) is 0 Å². The van der Waals surface area contributed by atoms with E-state index in [1.54, 1.807) is 14.2 Å². The molecule has 108 valence electrons. The minimum absolute atomic E-state index is 0.724. The van der Waals surface area contributed by atoms with Crippen LogP contribution in [0.15, 0.2) is 36.5 Å². The lowest BCUT2D eigenvalue weighted by molar-refractivity contribution is 0.110. The molecule has 2 aromatic rings. The van der Waals surface area contributed by atoms with Gasteiger partial charge in [-0.1, -0.05) is 24.3 Å². The molecule has 0 radical (unpaired) electrons. The van der Waals surface area contributed by atoms with E-state index in [4.69, 9.17) is 9.47 Å². The first kappa shape index (κ1) is 14.9. The molecule has 0 aliphatic rings. The van der Waals surface area contributed by atoms with Crippen LogP contribution in [-0.4, -0.2) is 50.4 Å². The van der Waals surface area contributed by atoms with E-state index < -0.39 is 0 Å². The third-order valence-corrected chi connectivity index (χ3v) is 3.33. The lowest BCUT2D eigenvalue weighted by atomic mass is 10.1. The third-order valence-electron chi connectivity index (χ3n) is 3.33. The van der Waals surface area contributed by atoms with Crippen LogP contribution in [0, 0.1) is 0 Å². The topological polar surface area (TPSA) is 34.6 Å². The summed E-state index contributed by atoms with van der Waals surface area (Å²) in [6, 6.07) is 10.4. The van der Waals surface area contributed by atoms with Gasteiger partial charge in [-0.15, -0.1) is 0 Å². The van der Waals surface area contributed by atoms with Crippen molar-refractivity contribution in [2.45, 2.75) is 6.54 Å². The number of methoxy groups -OCH3 is 2. The highest BCUT2D eigenvalue weighted by Crippen LogP contribution is 2.17. The summed E-state index contributed by atoms with van der Waals surface area (Å²) in [7, 11) is 3.46. The molecular formula is C16H22N2O2. The minimum atomic E-state index is 0.724. The number of hydrogen-bond donors (Lipinski definition) is 0. The molecule has 0 saturated heterocycles. The summed E-state index contributed by atoms with van der Waals surface area (Å²) in [6.45, 7) is 4.09. The van der Waals surface area contributed by atoms with E-state index in [1.165, 1.54) is 10.9 Å². The van der Waals surface area contributed by atoms with Crippen molar-refractivity contribution in [3.8, 4) is 0 Å². The van der Waals surface area contributed by atoms with Crippen molar-refractivity contribution in [3.05, 3.63) is 42.1 Å². The Kier molecular flexibility index (Phi) is 5.92. The van der Waals surface area contributed by atoms with Gasteiger partial charge < -0.3 is 9.47 Å². The second kappa shape index (κ2) is 7.94. The Labute approximate surface area is 120 Å². The largest absolute Gasteiger partial charge is 0.383 e. The maximum Gasteiger partial charge on any atom is 0.0746 e. The van der Waals surface area contributed by atoms with E-state index in [0.29, 0.717) is 0 Å². The smallest absolute Gasteiger partial charge is 0.0746 e. The number of rotatable bonds is 8. The molecule has 0 aliphatic heterocycles. The Morgan fingerprint density at radius 2 is 1.70 bits per heavy atom. The molecule has 4 nitrogen and oxygen atoms in total. The second-order valence-electron chi connectivity index (χ2n) is 4.75. The minimum Gasteiger partial charge on any atom is -0.383 e. The molecule has 0 fully saturated rings. The maximum atomic E-state index is 5.18. The van der Waals surface area contributed by atoms with E-state index in [1.807, 2.05) is 12.3 Å². The second-order valence-corrected chi connectivity index (χ2v) is 4.75. The Balaban J connectivity index is 2.14. The van der Waals surface area contributed by atoms with Gasteiger partial charge in [0.05, 0.1) is 18.7 Å². The Hall–Kier alpha value is -1.49. The van der Waals surface area contributed by atoms with Gasteiger partial charge in [-0.2, -0.15) is 0 Å². The van der Waals surface area contributed by atoms with E-state index in [2.05, 4.69) is 34.1 Å². The molecule has 20 heavy (non-hydrogen) atoms. The summed E-state index contributed by atoms with van der Waals surface area (Å²) in [4.78, 5) is 6.84. The first-order chi connectivity index (χ1) is 9.85. The van der Waals surface area contributed by atoms with Crippen molar-refractivity contribution < 1.29 is 9.47 Å². The van der Waals surface area contributed by atoms with Crippen molar-refractivity contribution in [1.29, 1.82) is 0 Å². The molecule has 0 saturated carbocycles. The Morgan fingerprint density at radius 1 is 1.00 bits per heavy atom. The number of para-hydroxylation sites is 1. The highest BCUT2D eigenvalue weighted by molar-refractivity contribution is 5.81. The zero-order chi connectivity index (χ0) is 14.2. The molecule has 0 N–H and O–H groups in total. The zero-order valence-electron chi connectivity index (χ0n) is 12.2. The van der Waals surface area contributed by atoms with Crippen molar-refractivity contribution in [1.82, 2.24) is 9.88 Å². The molecule has 0 spiro atoms. The highest BCUT2D eigenvalue weighted by Gasteiger charge is 2.08. The first-order valence-corrected chi connectivity index (χ1v) is 6.88. The molecule has 1 aromatic carbocycles. The molecule has 0 amide bonds. The Bertz CT molecular complexity index is 517. The van der Waals surface area contributed by atoms with Gasteiger partial charge in [0.15, 0.2) is 0 Å². The highest BCUT2D eigenvalue weighted by atomic mass is 16.5. The fraction of sp³-hybridized carbons (Fsp3) is 0.438. The number of hydrogen-bond acceptors (Lipinski definition) is 4. The molecule has 0 bridgehead atoms. The molecule has 1 aromatic heterocycles. The molecule has 1 heterocycles. The summed E-state index contributed by atoms with van der Waals surface area (Å²) < 4.78 is 10.4. The van der Waals surface area contributed by atoms with Gasteiger partial charge in [-0.3, -0.25) is 9.88 Å². The molecule has 0 atom stereocenters. The normalized spacial score (nSPS) is 11.3. The zero-order valence-corrected chi connectivity index (χ0v) is 12.2. The van der Waals surface area contributed by atoms with Gasteiger partial charge in [0.1, 0.15) is 0 Å². The predicted molar refractivity (Wildman–Crippen MR) is 80.8 cm³/mol. The van der Waals surface area contributed by atoms with E-state index in [0.717, 1.165) is 38.4 Å². The maximum absolute atomic E-state index is 5.18. The molecule has 2 rings (SSSR count). The Morgan fingerprint density at radius 3 is 2.40 bits per heavy atom. The van der Waals surface area contributed by atoms with Crippen LogP contribution in [0.5, 0.6) is 0 Å². The van der Waals surface area contributed by atoms with E-state index in [-0.39, 0.29) is 0 Å². The van der Waals surface area contributed by atoms with Crippen molar-refractivity contribution in [2.24, 2.45) is 0 Å². The van der Waals surface area contributed by atoms with Crippen molar-refractivity contribution in [3.63, 3.8) is 0 Å². The van der Waals surface area contributed by atoms with Crippen LogP contribution in [0.4, 0.5) is 0 Å². The SMILES string of the molecule is COCCN(CCOC)Cc1cccc2cccnc12. The van der Waals surface area contributed by atoms with Crippen LogP contribution in [0.3, 0.4) is 0 Å². The van der Waals surface area contributed by atoms with Crippen LogP contribution >= 0.6 is 0 Å². The summed E-state index contributed by atoms with van der Waals surface area (Å²) in [5, 5.41) is 1.18. The van der Waals surface area contributed by atoms with Gasteiger partial charge in [0.25, 0.3) is 0 Å². The van der Waals surface area contributed by atoms with Gasteiger partial charge >= 0.3 is 0 Å². The van der Waals surface area contributed by atoms with Crippen LogP contribution in [-0.2, 0) is 16.0 Å². The number of aromatic nitrogens is 1.